The van der Waals surface area contributed by atoms with E-state index < -0.39 is 11.4 Å². The van der Waals surface area contributed by atoms with Crippen LogP contribution in [-0.2, 0) is 9.53 Å². The van der Waals surface area contributed by atoms with Crippen molar-refractivity contribution >= 4 is 22.8 Å². The van der Waals surface area contributed by atoms with Crippen molar-refractivity contribution in [1.29, 1.82) is 0 Å². The minimum absolute atomic E-state index is 0.170. The number of ether oxygens (including phenoxy) is 1. The van der Waals surface area contributed by atoms with Crippen LogP contribution in [0.25, 0.3) is 11.0 Å². The zero-order valence-corrected chi connectivity index (χ0v) is 14.4. The second-order valence-electron chi connectivity index (χ2n) is 7.25. The van der Waals surface area contributed by atoms with Gasteiger partial charge in [0.25, 0.3) is 5.91 Å². The van der Waals surface area contributed by atoms with Crippen molar-refractivity contribution in [3.8, 4) is 0 Å². The maximum atomic E-state index is 12.9. The van der Waals surface area contributed by atoms with Crippen LogP contribution in [-0.4, -0.2) is 48.2 Å². The molecule has 0 aliphatic carbocycles. The van der Waals surface area contributed by atoms with Gasteiger partial charge in [0.15, 0.2) is 5.76 Å². The average Bonchev–Trinajstić information content (AvgIpc) is 3.16. The number of carbonyl (C=O) groups excluding carboxylic acids is 1. The van der Waals surface area contributed by atoms with Gasteiger partial charge in [0, 0.05) is 31.0 Å². The van der Waals surface area contributed by atoms with Crippen molar-refractivity contribution in [1.82, 2.24) is 4.90 Å². The monoisotopic (exact) mass is 343 g/mol. The molecule has 1 N–H and O–H groups in total. The third-order valence-corrected chi connectivity index (χ3v) is 5.76. The van der Waals surface area contributed by atoms with Gasteiger partial charge >= 0.3 is 5.97 Å². The highest BCUT2D eigenvalue weighted by molar-refractivity contribution is 5.97. The molecule has 2 aromatic rings. The Bertz CT molecular complexity index is 831. The van der Waals surface area contributed by atoms with Gasteiger partial charge in [-0.15, -0.1) is 0 Å². The van der Waals surface area contributed by atoms with Gasteiger partial charge in [0.2, 0.25) is 0 Å². The maximum Gasteiger partial charge on any atom is 0.311 e. The van der Waals surface area contributed by atoms with Crippen LogP contribution >= 0.6 is 0 Å². The third kappa shape index (κ3) is 2.43. The summed E-state index contributed by atoms with van der Waals surface area (Å²) < 4.78 is 11.2. The number of likely N-dealkylation sites (tertiary alicyclic amines) is 1. The van der Waals surface area contributed by atoms with Gasteiger partial charge in [-0.3, -0.25) is 9.59 Å². The first-order chi connectivity index (χ1) is 11.9. The number of carboxylic acids is 1. The molecule has 6 heteroatoms. The van der Waals surface area contributed by atoms with Crippen LogP contribution in [0, 0.1) is 25.2 Å². The number of carboxylic acid groups (broad SMARTS) is 1. The van der Waals surface area contributed by atoms with E-state index in [0.717, 1.165) is 16.5 Å². The van der Waals surface area contributed by atoms with Crippen LogP contribution in [0.5, 0.6) is 0 Å². The van der Waals surface area contributed by atoms with Crippen molar-refractivity contribution < 1.29 is 23.8 Å². The second-order valence-corrected chi connectivity index (χ2v) is 7.25. The van der Waals surface area contributed by atoms with Gasteiger partial charge in [0.1, 0.15) is 5.58 Å². The molecule has 4 rings (SSSR count). The molecule has 1 aromatic heterocycles. The molecule has 3 heterocycles. The number of hydrogen-bond donors (Lipinski definition) is 1. The summed E-state index contributed by atoms with van der Waals surface area (Å²) in [5.74, 6) is -0.995. The molecule has 2 saturated heterocycles. The normalized spacial score (nSPS) is 26.0. The van der Waals surface area contributed by atoms with Crippen molar-refractivity contribution in [3.63, 3.8) is 0 Å². The molecule has 1 amide bonds. The van der Waals surface area contributed by atoms with Crippen molar-refractivity contribution in [3.05, 3.63) is 35.1 Å². The zero-order chi connectivity index (χ0) is 17.8. The SMILES string of the molecule is Cc1cc2cc(C(=O)N3C[C@H]4COCC[C@@]4(C(=O)O)C3)oc2cc1C. The lowest BCUT2D eigenvalue weighted by molar-refractivity contribution is -0.157. The van der Waals surface area contributed by atoms with Crippen LogP contribution in [0.4, 0.5) is 0 Å². The fourth-order valence-corrected chi connectivity index (χ4v) is 4.02. The van der Waals surface area contributed by atoms with Gasteiger partial charge in [-0.25, -0.2) is 0 Å². The zero-order valence-electron chi connectivity index (χ0n) is 14.4. The van der Waals surface area contributed by atoms with Crippen molar-refractivity contribution in [2.75, 3.05) is 26.3 Å². The van der Waals surface area contributed by atoms with Gasteiger partial charge in [-0.1, -0.05) is 0 Å². The number of fused-ring (bicyclic) bond motifs is 2. The van der Waals surface area contributed by atoms with Gasteiger partial charge in [-0.05, 0) is 49.6 Å². The molecule has 0 bridgehead atoms. The number of amides is 1. The number of hydrogen-bond acceptors (Lipinski definition) is 4. The highest BCUT2D eigenvalue weighted by Gasteiger charge is 2.55. The molecule has 0 saturated carbocycles. The predicted molar refractivity (Wildman–Crippen MR) is 90.6 cm³/mol. The maximum absolute atomic E-state index is 12.9. The lowest BCUT2D eigenvalue weighted by Gasteiger charge is -2.33. The molecule has 2 aliphatic heterocycles. The van der Waals surface area contributed by atoms with E-state index in [1.807, 2.05) is 26.0 Å². The smallest absolute Gasteiger partial charge is 0.311 e. The number of aliphatic carboxylic acids is 1. The van der Waals surface area contributed by atoms with Crippen LogP contribution in [0.15, 0.2) is 22.6 Å². The predicted octanol–water partition coefficient (Wildman–Crippen LogP) is 2.61. The molecule has 2 aliphatic rings. The molecule has 1 aromatic carbocycles. The summed E-state index contributed by atoms with van der Waals surface area (Å²) in [7, 11) is 0. The Kier molecular flexibility index (Phi) is 3.61. The average molecular weight is 343 g/mol. The minimum Gasteiger partial charge on any atom is -0.481 e. The van der Waals surface area contributed by atoms with Crippen LogP contribution in [0.2, 0.25) is 0 Å². The summed E-state index contributed by atoms with van der Waals surface area (Å²) in [6, 6.07) is 5.68. The molecular weight excluding hydrogens is 322 g/mol. The van der Waals surface area contributed by atoms with Crippen LogP contribution < -0.4 is 0 Å². The number of rotatable bonds is 2. The Labute approximate surface area is 145 Å². The topological polar surface area (TPSA) is 80.0 Å². The largest absolute Gasteiger partial charge is 0.481 e. The van der Waals surface area contributed by atoms with E-state index in [1.165, 1.54) is 0 Å². The number of benzene rings is 1. The molecule has 0 spiro atoms. The minimum atomic E-state index is -0.896. The molecule has 2 atom stereocenters. The van der Waals surface area contributed by atoms with Crippen molar-refractivity contribution in [2.45, 2.75) is 20.3 Å². The lowest BCUT2D eigenvalue weighted by Crippen LogP contribution is -2.45. The summed E-state index contributed by atoms with van der Waals surface area (Å²) in [6.07, 6.45) is 0.440. The Morgan fingerprint density at radius 2 is 2.00 bits per heavy atom. The number of furan rings is 1. The molecule has 6 nitrogen and oxygen atoms in total. The first kappa shape index (κ1) is 16.1. The molecule has 25 heavy (non-hydrogen) atoms. The van der Waals surface area contributed by atoms with Crippen LogP contribution in [0.1, 0.15) is 28.1 Å². The Morgan fingerprint density at radius 1 is 1.24 bits per heavy atom. The summed E-state index contributed by atoms with van der Waals surface area (Å²) in [5, 5.41) is 10.6. The molecule has 132 valence electrons. The standard InChI is InChI=1S/C19H21NO5/c1-11-5-13-7-16(25-15(13)6-12(11)2)17(21)20-8-14-9-24-4-3-19(14,10-20)18(22)23/h5-7,14H,3-4,8-10H2,1-2H3,(H,22,23)/t14-,19+/m0/s1. The molecule has 2 fully saturated rings. The number of aryl methyl sites for hydroxylation is 2. The van der Waals surface area contributed by atoms with E-state index in [1.54, 1.807) is 11.0 Å². The van der Waals surface area contributed by atoms with Gasteiger partial charge in [0.05, 0.1) is 12.0 Å². The molecular formula is C19H21NO5. The van der Waals surface area contributed by atoms with E-state index >= 15 is 0 Å². The number of nitrogens with zero attached hydrogens (tertiary/aromatic N) is 1. The first-order valence-corrected chi connectivity index (χ1v) is 8.52. The lowest BCUT2D eigenvalue weighted by atomic mass is 9.74. The summed E-state index contributed by atoms with van der Waals surface area (Å²) >= 11 is 0. The Balaban J connectivity index is 1.64. The van der Waals surface area contributed by atoms with E-state index in [4.69, 9.17) is 9.15 Å². The van der Waals surface area contributed by atoms with E-state index in [-0.39, 0.29) is 24.1 Å². The first-order valence-electron chi connectivity index (χ1n) is 8.52. The highest BCUT2D eigenvalue weighted by Crippen LogP contribution is 2.43. The second kappa shape index (κ2) is 5.59. The fraction of sp³-hybridized carbons (Fsp3) is 0.474. The summed E-state index contributed by atoms with van der Waals surface area (Å²) in [4.78, 5) is 26.4. The van der Waals surface area contributed by atoms with E-state index in [0.29, 0.717) is 31.8 Å². The molecule has 0 unspecified atom stereocenters. The third-order valence-electron chi connectivity index (χ3n) is 5.76. The molecule has 0 radical (unpaired) electrons. The van der Waals surface area contributed by atoms with E-state index in [2.05, 4.69) is 0 Å². The van der Waals surface area contributed by atoms with Gasteiger partial charge < -0.3 is 19.2 Å². The van der Waals surface area contributed by atoms with Gasteiger partial charge in [-0.2, -0.15) is 0 Å². The Hall–Kier alpha value is -2.34. The quantitative estimate of drug-likeness (QED) is 0.907. The summed E-state index contributed by atoms with van der Waals surface area (Å²) in [5.41, 5.74) is 2.03. The Morgan fingerprint density at radius 3 is 2.72 bits per heavy atom. The fourth-order valence-electron chi connectivity index (χ4n) is 4.02. The van der Waals surface area contributed by atoms with E-state index in [9.17, 15) is 14.7 Å². The number of carbonyl (C=O) groups is 2. The summed E-state index contributed by atoms with van der Waals surface area (Å²) in [6.45, 7) is 5.43. The van der Waals surface area contributed by atoms with Crippen molar-refractivity contribution in [2.24, 2.45) is 11.3 Å². The highest BCUT2D eigenvalue weighted by atomic mass is 16.5. The van der Waals surface area contributed by atoms with Crippen LogP contribution in [0.3, 0.4) is 0 Å².